The quantitative estimate of drug-likeness (QED) is 0.567. The van der Waals surface area contributed by atoms with Gasteiger partial charge in [-0.05, 0) is 52.8 Å². The van der Waals surface area contributed by atoms with Crippen LogP contribution in [0.5, 0.6) is 0 Å². The van der Waals surface area contributed by atoms with Gasteiger partial charge in [0.1, 0.15) is 0 Å². The Morgan fingerprint density at radius 1 is 0.750 bits per heavy atom. The Balaban J connectivity index is 1.11. The van der Waals surface area contributed by atoms with Crippen molar-refractivity contribution in [1.82, 2.24) is 10.2 Å². The van der Waals surface area contributed by atoms with E-state index >= 15 is 0 Å². The molecule has 0 radical (unpaired) electrons. The van der Waals surface area contributed by atoms with Crippen LogP contribution in [0.4, 0.5) is 0 Å². The predicted molar refractivity (Wildman–Crippen MR) is 130 cm³/mol. The first kappa shape index (κ1) is 21.0. The van der Waals surface area contributed by atoms with Crippen LogP contribution in [0.2, 0.25) is 0 Å². The molecule has 164 valence electrons. The van der Waals surface area contributed by atoms with E-state index in [1.54, 1.807) is 0 Å². The summed E-state index contributed by atoms with van der Waals surface area (Å²) in [5, 5.41) is 3.26. The van der Waals surface area contributed by atoms with E-state index in [1.807, 2.05) is 6.07 Å². The van der Waals surface area contributed by atoms with Crippen molar-refractivity contribution in [3.05, 3.63) is 96.1 Å². The molecular formula is C29H32N2O. The fraction of sp³-hybridized carbons (Fsp3) is 0.345. The van der Waals surface area contributed by atoms with Gasteiger partial charge >= 0.3 is 0 Å². The smallest absolute Gasteiger partial charge is 0.224 e. The summed E-state index contributed by atoms with van der Waals surface area (Å²) in [6, 6.07) is 29.5. The van der Waals surface area contributed by atoms with Gasteiger partial charge in [0, 0.05) is 26.2 Å². The van der Waals surface area contributed by atoms with Gasteiger partial charge in [-0.3, -0.25) is 9.69 Å². The minimum absolute atomic E-state index is 0.142. The zero-order valence-corrected chi connectivity index (χ0v) is 18.6. The molecule has 2 bridgehead atoms. The molecule has 32 heavy (non-hydrogen) atoms. The van der Waals surface area contributed by atoms with Crippen molar-refractivity contribution in [1.29, 1.82) is 0 Å². The second-order valence-electron chi connectivity index (χ2n) is 9.48. The maximum Gasteiger partial charge on any atom is 0.224 e. The third-order valence-electron chi connectivity index (χ3n) is 7.31. The van der Waals surface area contributed by atoms with Crippen molar-refractivity contribution in [2.24, 2.45) is 17.8 Å². The molecule has 3 heteroatoms. The van der Waals surface area contributed by atoms with Crippen LogP contribution in [0.3, 0.4) is 0 Å². The first-order valence-corrected chi connectivity index (χ1v) is 11.9. The van der Waals surface area contributed by atoms with Crippen LogP contribution < -0.4 is 5.32 Å². The summed E-state index contributed by atoms with van der Waals surface area (Å²) >= 11 is 0. The van der Waals surface area contributed by atoms with E-state index in [0.29, 0.717) is 24.2 Å². The molecule has 0 aromatic heterocycles. The van der Waals surface area contributed by atoms with Crippen molar-refractivity contribution in [2.45, 2.75) is 25.8 Å². The lowest BCUT2D eigenvalue weighted by atomic mass is 9.84. The third kappa shape index (κ3) is 4.94. The number of nitrogens with zero attached hydrogens (tertiary/aromatic N) is 1. The molecule has 2 fully saturated rings. The molecule has 1 N–H and O–H groups in total. The monoisotopic (exact) mass is 424 g/mol. The molecule has 3 aromatic rings. The van der Waals surface area contributed by atoms with Crippen molar-refractivity contribution >= 4 is 5.91 Å². The summed E-state index contributed by atoms with van der Waals surface area (Å²) in [5.41, 5.74) is 4.87. The van der Waals surface area contributed by atoms with Crippen molar-refractivity contribution in [2.75, 3.05) is 19.6 Å². The zero-order chi connectivity index (χ0) is 21.8. The van der Waals surface area contributed by atoms with Crippen LogP contribution in [-0.2, 0) is 17.8 Å². The predicted octanol–water partition coefficient (Wildman–Crippen LogP) is 5.17. The Hall–Kier alpha value is -2.91. The fourth-order valence-electron chi connectivity index (χ4n) is 5.66. The topological polar surface area (TPSA) is 32.3 Å². The van der Waals surface area contributed by atoms with E-state index in [0.717, 1.165) is 31.7 Å². The normalized spacial score (nSPS) is 22.6. The molecule has 3 aromatic carbocycles. The Morgan fingerprint density at radius 3 is 2.00 bits per heavy atom. The highest BCUT2D eigenvalue weighted by atomic mass is 16.1. The number of carbonyl (C=O) groups excluding carboxylic acids is 1. The van der Waals surface area contributed by atoms with E-state index in [2.05, 4.69) is 89.1 Å². The number of fused-ring (bicyclic) bond motifs is 2. The molecule has 3 nitrogen and oxygen atoms in total. The fourth-order valence-corrected chi connectivity index (χ4v) is 5.66. The summed E-state index contributed by atoms with van der Waals surface area (Å²) in [5.74, 6) is 2.20. The zero-order valence-electron chi connectivity index (χ0n) is 18.6. The number of benzene rings is 3. The largest absolute Gasteiger partial charge is 0.356 e. The Labute approximate surface area is 191 Å². The Morgan fingerprint density at radius 2 is 1.34 bits per heavy atom. The highest BCUT2D eigenvalue weighted by molar-refractivity contribution is 5.78. The van der Waals surface area contributed by atoms with Gasteiger partial charge in [-0.15, -0.1) is 0 Å². The highest BCUT2D eigenvalue weighted by Gasteiger charge is 2.41. The maximum atomic E-state index is 12.6. The van der Waals surface area contributed by atoms with Gasteiger partial charge < -0.3 is 5.32 Å². The van der Waals surface area contributed by atoms with Gasteiger partial charge in [0.15, 0.2) is 0 Å². The number of amides is 1. The van der Waals surface area contributed by atoms with E-state index < -0.39 is 0 Å². The van der Waals surface area contributed by atoms with Gasteiger partial charge in [-0.25, -0.2) is 0 Å². The molecule has 1 saturated carbocycles. The number of carbonyl (C=O) groups is 1. The second kappa shape index (κ2) is 9.70. The summed E-state index contributed by atoms with van der Waals surface area (Å²) in [4.78, 5) is 15.2. The van der Waals surface area contributed by atoms with Crippen LogP contribution >= 0.6 is 0 Å². The second-order valence-corrected chi connectivity index (χ2v) is 9.48. The number of hydrogen-bond acceptors (Lipinski definition) is 2. The number of piperidine rings is 1. The Bertz CT molecular complexity index is 1000. The summed E-state index contributed by atoms with van der Waals surface area (Å²) < 4.78 is 0. The molecule has 1 aliphatic carbocycles. The van der Waals surface area contributed by atoms with E-state index in [1.165, 1.54) is 29.5 Å². The van der Waals surface area contributed by atoms with Gasteiger partial charge in [-0.1, -0.05) is 84.9 Å². The lowest BCUT2D eigenvalue weighted by Crippen LogP contribution is -2.45. The lowest BCUT2D eigenvalue weighted by molar-refractivity contribution is -0.120. The summed E-state index contributed by atoms with van der Waals surface area (Å²) in [6.07, 6.45) is 3.06. The highest BCUT2D eigenvalue weighted by Crippen LogP contribution is 2.41. The maximum absolute atomic E-state index is 12.6. The van der Waals surface area contributed by atoms with Gasteiger partial charge in [-0.2, -0.15) is 0 Å². The van der Waals surface area contributed by atoms with Gasteiger partial charge in [0.25, 0.3) is 0 Å². The molecule has 5 rings (SSSR count). The SMILES string of the molecule is O=C(Cc1ccc(-c2ccccc2)cc1)NCC1C2CCC1CN(Cc1ccccc1)C2. The van der Waals surface area contributed by atoms with E-state index in [4.69, 9.17) is 0 Å². The molecule has 2 aliphatic rings. The molecule has 2 atom stereocenters. The van der Waals surface area contributed by atoms with Crippen LogP contribution in [0.1, 0.15) is 24.0 Å². The minimum Gasteiger partial charge on any atom is -0.356 e. The van der Waals surface area contributed by atoms with E-state index in [-0.39, 0.29) is 5.91 Å². The molecule has 1 saturated heterocycles. The first-order valence-electron chi connectivity index (χ1n) is 11.9. The van der Waals surface area contributed by atoms with Crippen LogP contribution in [0, 0.1) is 17.8 Å². The van der Waals surface area contributed by atoms with Crippen molar-refractivity contribution in [3.8, 4) is 11.1 Å². The molecule has 2 unspecified atom stereocenters. The van der Waals surface area contributed by atoms with Crippen molar-refractivity contribution in [3.63, 3.8) is 0 Å². The average Bonchev–Trinajstić information content (AvgIpc) is 3.07. The minimum atomic E-state index is 0.142. The summed E-state index contributed by atoms with van der Waals surface area (Å²) in [6.45, 7) is 4.20. The van der Waals surface area contributed by atoms with Gasteiger partial charge in [0.2, 0.25) is 5.91 Å². The standard InChI is InChI=1S/C29H32N2O/c32-29(17-22-11-13-25(14-12-22)24-9-5-2-6-10-24)30-18-28-26-15-16-27(28)21-31(20-26)19-23-7-3-1-4-8-23/h1-14,26-28H,15-21H2,(H,30,32). The number of likely N-dealkylation sites (tertiary alicyclic amines) is 1. The molecule has 0 spiro atoms. The molecule has 1 aliphatic heterocycles. The van der Waals surface area contributed by atoms with Crippen LogP contribution in [0.15, 0.2) is 84.9 Å². The number of rotatable bonds is 7. The molecule has 1 amide bonds. The van der Waals surface area contributed by atoms with Crippen LogP contribution in [-0.4, -0.2) is 30.4 Å². The van der Waals surface area contributed by atoms with Gasteiger partial charge in [0.05, 0.1) is 6.42 Å². The lowest BCUT2D eigenvalue weighted by Gasteiger charge is -2.38. The Kier molecular flexibility index (Phi) is 6.36. The number of nitrogens with one attached hydrogen (secondary N) is 1. The molecular weight excluding hydrogens is 392 g/mol. The van der Waals surface area contributed by atoms with Crippen LogP contribution in [0.25, 0.3) is 11.1 Å². The van der Waals surface area contributed by atoms with Crippen molar-refractivity contribution < 1.29 is 4.79 Å². The first-order chi connectivity index (χ1) is 15.7. The molecule has 1 heterocycles. The summed E-state index contributed by atoms with van der Waals surface area (Å²) in [7, 11) is 0. The number of hydrogen-bond donors (Lipinski definition) is 1. The average molecular weight is 425 g/mol. The van der Waals surface area contributed by atoms with E-state index in [9.17, 15) is 4.79 Å². The third-order valence-corrected chi connectivity index (χ3v) is 7.31.